The van der Waals surface area contributed by atoms with E-state index in [2.05, 4.69) is 10.3 Å². The Morgan fingerprint density at radius 2 is 2.00 bits per heavy atom. The molecule has 2 aliphatic heterocycles. The number of aryl methyl sites for hydroxylation is 3. The number of nitrogens with zero attached hydrogens (tertiary/aromatic N) is 2. The molecule has 1 aromatic heterocycles. The van der Waals surface area contributed by atoms with Gasteiger partial charge in [-0.05, 0) is 32.9 Å². The molecule has 2 aliphatic rings. The van der Waals surface area contributed by atoms with Gasteiger partial charge in [0, 0.05) is 25.9 Å². The molecule has 27 heavy (non-hydrogen) atoms. The Morgan fingerprint density at radius 1 is 1.26 bits per heavy atom. The fraction of sp³-hybridized carbons (Fsp3) is 0.450. The first-order valence-corrected chi connectivity index (χ1v) is 10.00. The van der Waals surface area contributed by atoms with Crippen LogP contribution in [0.5, 0.6) is 5.75 Å². The van der Waals surface area contributed by atoms with E-state index in [4.69, 9.17) is 4.74 Å². The van der Waals surface area contributed by atoms with E-state index in [0.29, 0.717) is 43.8 Å². The summed E-state index contributed by atoms with van der Waals surface area (Å²) in [5.74, 6) is 0.575. The summed E-state index contributed by atoms with van der Waals surface area (Å²) in [6, 6.07) is 5.69. The quantitative estimate of drug-likeness (QED) is 0.819. The van der Waals surface area contributed by atoms with Crippen LogP contribution in [0.15, 0.2) is 18.2 Å². The van der Waals surface area contributed by atoms with Crippen molar-refractivity contribution in [2.45, 2.75) is 39.2 Å². The molecule has 1 N–H and O–H groups in total. The minimum atomic E-state index is -0.467. The number of carbonyl (C=O) groups excluding carboxylic acids is 2. The number of hydrogen-bond donors (Lipinski definition) is 1. The minimum absolute atomic E-state index is 0.0432. The number of amides is 2. The molecule has 0 atom stereocenters. The number of ether oxygens (including phenoxy) is 1. The Morgan fingerprint density at radius 3 is 2.67 bits per heavy atom. The lowest BCUT2D eigenvalue weighted by Crippen LogP contribution is -2.54. The zero-order valence-electron chi connectivity index (χ0n) is 15.8. The van der Waals surface area contributed by atoms with Crippen molar-refractivity contribution in [3.05, 3.63) is 44.9 Å². The third kappa shape index (κ3) is 3.32. The van der Waals surface area contributed by atoms with Gasteiger partial charge in [-0.25, -0.2) is 4.98 Å². The molecule has 2 aromatic rings. The third-order valence-electron chi connectivity index (χ3n) is 5.34. The van der Waals surface area contributed by atoms with Gasteiger partial charge in [0.25, 0.3) is 11.8 Å². The van der Waals surface area contributed by atoms with Crippen LogP contribution >= 0.6 is 11.3 Å². The molecule has 0 unspecified atom stereocenters. The Kier molecular flexibility index (Phi) is 4.42. The predicted molar refractivity (Wildman–Crippen MR) is 104 cm³/mol. The average Bonchev–Trinajstić information content (AvgIpc) is 2.93. The second kappa shape index (κ2) is 6.64. The van der Waals surface area contributed by atoms with Crippen molar-refractivity contribution in [1.82, 2.24) is 15.2 Å². The smallest absolute Gasteiger partial charge is 0.265 e. The molecule has 1 aromatic carbocycles. The van der Waals surface area contributed by atoms with Crippen LogP contribution in [0.4, 0.5) is 0 Å². The van der Waals surface area contributed by atoms with Gasteiger partial charge in [0.1, 0.15) is 16.2 Å². The lowest BCUT2D eigenvalue weighted by Gasteiger charge is -2.41. The first kappa shape index (κ1) is 18.0. The highest BCUT2D eigenvalue weighted by atomic mass is 32.1. The monoisotopic (exact) mass is 385 g/mol. The summed E-state index contributed by atoms with van der Waals surface area (Å²) in [4.78, 5) is 32.2. The zero-order chi connectivity index (χ0) is 19.2. The van der Waals surface area contributed by atoms with Crippen molar-refractivity contribution in [2.24, 2.45) is 0 Å². The van der Waals surface area contributed by atoms with E-state index in [9.17, 15) is 9.59 Å². The maximum absolute atomic E-state index is 12.8. The van der Waals surface area contributed by atoms with E-state index < -0.39 is 5.60 Å². The van der Waals surface area contributed by atoms with Gasteiger partial charge in [-0.15, -0.1) is 11.3 Å². The van der Waals surface area contributed by atoms with Crippen LogP contribution in [0.1, 0.15) is 49.1 Å². The lowest BCUT2D eigenvalue weighted by molar-refractivity contribution is 0.00784. The van der Waals surface area contributed by atoms with Crippen LogP contribution in [0.2, 0.25) is 0 Å². The molecule has 1 fully saturated rings. The van der Waals surface area contributed by atoms with Crippen LogP contribution in [0, 0.1) is 20.8 Å². The van der Waals surface area contributed by atoms with Crippen LogP contribution in [0.25, 0.3) is 0 Å². The molecular weight excluding hydrogens is 362 g/mol. The number of aromatic nitrogens is 1. The van der Waals surface area contributed by atoms with E-state index in [1.165, 1.54) is 11.3 Å². The third-order valence-corrected chi connectivity index (χ3v) is 6.40. The molecular formula is C20H23N3O3S. The number of rotatable bonds is 1. The number of nitrogens with one attached hydrogen (secondary N) is 1. The Balaban J connectivity index is 1.51. The van der Waals surface area contributed by atoms with Crippen molar-refractivity contribution in [2.75, 3.05) is 19.6 Å². The van der Waals surface area contributed by atoms with Gasteiger partial charge in [0.05, 0.1) is 22.8 Å². The predicted octanol–water partition coefficient (Wildman–Crippen LogP) is 2.87. The number of benzene rings is 1. The van der Waals surface area contributed by atoms with Crippen LogP contribution in [-0.4, -0.2) is 46.9 Å². The molecule has 6 nitrogen and oxygen atoms in total. The fourth-order valence-corrected chi connectivity index (χ4v) is 4.67. The summed E-state index contributed by atoms with van der Waals surface area (Å²) < 4.78 is 6.34. The number of likely N-dealkylation sites (tertiary alicyclic amines) is 1. The summed E-state index contributed by atoms with van der Waals surface area (Å²) in [6.07, 6.45) is 1.37. The first-order valence-electron chi connectivity index (χ1n) is 9.18. The second-order valence-corrected chi connectivity index (χ2v) is 8.61. The van der Waals surface area contributed by atoms with Crippen LogP contribution in [0.3, 0.4) is 0 Å². The molecule has 3 heterocycles. The van der Waals surface area contributed by atoms with E-state index in [1.807, 2.05) is 43.9 Å². The molecule has 0 bridgehead atoms. The Labute approximate surface area is 162 Å². The zero-order valence-corrected chi connectivity index (χ0v) is 16.6. The number of fused-ring (bicyclic) bond motifs is 1. The molecule has 1 spiro atoms. The summed E-state index contributed by atoms with van der Waals surface area (Å²) in [5, 5.41) is 3.91. The van der Waals surface area contributed by atoms with Crippen LogP contribution in [-0.2, 0) is 0 Å². The molecule has 7 heteroatoms. The van der Waals surface area contributed by atoms with E-state index >= 15 is 0 Å². The van der Waals surface area contributed by atoms with Gasteiger partial charge >= 0.3 is 0 Å². The normalized spacial score (nSPS) is 18.5. The Bertz CT molecular complexity index is 913. The molecule has 142 valence electrons. The molecule has 2 amide bonds. The van der Waals surface area contributed by atoms with Crippen molar-refractivity contribution < 1.29 is 14.3 Å². The summed E-state index contributed by atoms with van der Waals surface area (Å²) in [5.41, 5.74) is 1.94. The standard InChI is InChI=1S/C20H23N3O3S/c1-12-4-5-16-15(10-12)18(24)21-11-20(26-16)6-8-23(9-7-20)19(25)17-13(2)22-14(3)27-17/h4-5,10H,6-9,11H2,1-3H3,(H,21,24). The van der Waals surface area contributed by atoms with Crippen molar-refractivity contribution in [1.29, 1.82) is 0 Å². The molecule has 1 saturated heterocycles. The average molecular weight is 385 g/mol. The van der Waals surface area contributed by atoms with Gasteiger partial charge in [-0.1, -0.05) is 11.6 Å². The fourth-order valence-electron chi connectivity index (χ4n) is 3.79. The molecule has 0 saturated carbocycles. The SMILES string of the molecule is Cc1ccc2c(c1)C(=O)NCC1(CCN(C(=O)c3sc(C)nc3C)CC1)O2. The topological polar surface area (TPSA) is 71.5 Å². The van der Waals surface area contributed by atoms with Gasteiger partial charge in [-0.2, -0.15) is 0 Å². The number of carbonyl (C=O) groups is 2. The highest BCUT2D eigenvalue weighted by Gasteiger charge is 2.41. The van der Waals surface area contributed by atoms with E-state index in [-0.39, 0.29) is 11.8 Å². The summed E-state index contributed by atoms with van der Waals surface area (Å²) >= 11 is 1.45. The number of hydrogen-bond acceptors (Lipinski definition) is 5. The van der Waals surface area contributed by atoms with Crippen molar-refractivity contribution in [3.63, 3.8) is 0 Å². The number of piperidine rings is 1. The van der Waals surface area contributed by atoms with Gasteiger partial charge in [-0.3, -0.25) is 9.59 Å². The van der Waals surface area contributed by atoms with E-state index in [0.717, 1.165) is 21.1 Å². The summed E-state index contributed by atoms with van der Waals surface area (Å²) in [6.45, 7) is 7.42. The van der Waals surface area contributed by atoms with Gasteiger partial charge in [0.15, 0.2) is 0 Å². The molecule has 4 rings (SSSR count). The van der Waals surface area contributed by atoms with Crippen molar-refractivity contribution >= 4 is 23.2 Å². The minimum Gasteiger partial charge on any atom is -0.484 e. The Hall–Kier alpha value is -2.41. The highest BCUT2D eigenvalue weighted by molar-refractivity contribution is 7.13. The maximum atomic E-state index is 12.8. The maximum Gasteiger partial charge on any atom is 0.265 e. The summed E-state index contributed by atoms with van der Waals surface area (Å²) in [7, 11) is 0. The van der Waals surface area contributed by atoms with Gasteiger partial charge < -0.3 is 15.0 Å². The first-order chi connectivity index (χ1) is 12.9. The number of thiazole rings is 1. The van der Waals surface area contributed by atoms with Gasteiger partial charge in [0.2, 0.25) is 0 Å². The lowest BCUT2D eigenvalue weighted by atomic mass is 9.90. The van der Waals surface area contributed by atoms with E-state index in [1.54, 1.807) is 0 Å². The molecule has 0 radical (unpaired) electrons. The van der Waals surface area contributed by atoms with Crippen molar-refractivity contribution in [3.8, 4) is 5.75 Å². The highest BCUT2D eigenvalue weighted by Crippen LogP contribution is 2.34. The molecule has 0 aliphatic carbocycles. The van der Waals surface area contributed by atoms with Crippen LogP contribution < -0.4 is 10.1 Å². The second-order valence-electron chi connectivity index (χ2n) is 7.41. The largest absolute Gasteiger partial charge is 0.484 e.